The first-order valence-corrected chi connectivity index (χ1v) is 5.29. The molecule has 0 N–H and O–H groups in total. The first-order chi connectivity index (χ1) is 8.47. The summed E-state index contributed by atoms with van der Waals surface area (Å²) in [6, 6.07) is 1.11. The van der Waals surface area contributed by atoms with E-state index < -0.39 is 34.1 Å². The van der Waals surface area contributed by atoms with Crippen molar-refractivity contribution in [1.82, 2.24) is 0 Å². The number of rotatable bonds is 3. The Morgan fingerprint density at radius 2 is 2.06 bits per heavy atom. The van der Waals surface area contributed by atoms with Crippen molar-refractivity contribution in [3.63, 3.8) is 0 Å². The zero-order valence-electron chi connectivity index (χ0n) is 9.19. The van der Waals surface area contributed by atoms with Crippen LogP contribution >= 0.6 is 0 Å². The van der Waals surface area contributed by atoms with Gasteiger partial charge in [0.1, 0.15) is 11.9 Å². The minimum Gasteiger partial charge on any atom is -0.487 e. The maximum atomic E-state index is 13.5. The van der Waals surface area contributed by atoms with Gasteiger partial charge in [-0.05, 0) is 6.42 Å². The molecule has 0 spiro atoms. The fraction of sp³-hybridized carbons (Fsp3) is 0.364. The van der Waals surface area contributed by atoms with Gasteiger partial charge in [0, 0.05) is 18.9 Å². The van der Waals surface area contributed by atoms with E-state index in [9.17, 15) is 23.7 Å². The molecule has 96 valence electrons. The number of hydrogen-bond donors (Lipinski definition) is 0. The predicted molar refractivity (Wildman–Crippen MR) is 56.3 cm³/mol. The van der Waals surface area contributed by atoms with Crippen molar-refractivity contribution >= 4 is 11.5 Å². The van der Waals surface area contributed by atoms with Crippen molar-refractivity contribution in [1.29, 1.82) is 0 Å². The third-order valence-corrected chi connectivity index (χ3v) is 2.69. The van der Waals surface area contributed by atoms with Crippen molar-refractivity contribution in [3.05, 3.63) is 33.9 Å². The molecule has 0 radical (unpaired) electrons. The van der Waals surface area contributed by atoms with Gasteiger partial charge in [0.2, 0.25) is 5.82 Å². The summed E-state index contributed by atoms with van der Waals surface area (Å²) < 4.78 is 31.9. The van der Waals surface area contributed by atoms with E-state index in [-0.39, 0.29) is 12.2 Å². The molecule has 0 heterocycles. The van der Waals surface area contributed by atoms with Crippen LogP contribution in [0.4, 0.5) is 14.5 Å². The standard InChI is InChI=1S/C11H9F2NO4/c12-8-5-11(9(13)4-10(8)14(16)17)18-7-2-1-6(15)3-7/h4-5,7H,1-3H2. The number of ketones is 1. The predicted octanol–water partition coefficient (Wildman–Crippen LogP) is 2.37. The van der Waals surface area contributed by atoms with Crippen molar-refractivity contribution in [3.8, 4) is 5.75 Å². The molecule has 0 amide bonds. The van der Waals surface area contributed by atoms with Gasteiger partial charge in [-0.2, -0.15) is 4.39 Å². The summed E-state index contributed by atoms with van der Waals surface area (Å²) in [5, 5.41) is 10.4. The van der Waals surface area contributed by atoms with E-state index in [1.165, 1.54) is 0 Å². The van der Waals surface area contributed by atoms with Crippen LogP contribution < -0.4 is 4.74 Å². The number of Topliss-reactive ketones (excluding diaryl/α,β-unsaturated/α-hetero) is 1. The molecule has 1 aliphatic rings. The van der Waals surface area contributed by atoms with Crippen LogP contribution in [0.3, 0.4) is 0 Å². The topological polar surface area (TPSA) is 69.4 Å². The molecule has 1 aliphatic carbocycles. The number of carbonyl (C=O) groups is 1. The van der Waals surface area contributed by atoms with Gasteiger partial charge >= 0.3 is 5.69 Å². The van der Waals surface area contributed by atoms with E-state index >= 15 is 0 Å². The molecule has 0 aromatic heterocycles. The van der Waals surface area contributed by atoms with E-state index in [4.69, 9.17) is 4.74 Å². The molecule has 0 aliphatic heterocycles. The molecular formula is C11H9F2NO4. The van der Waals surface area contributed by atoms with Crippen LogP contribution in [0.25, 0.3) is 0 Å². The Morgan fingerprint density at radius 1 is 1.33 bits per heavy atom. The van der Waals surface area contributed by atoms with Gasteiger partial charge in [0.25, 0.3) is 0 Å². The number of halogens is 2. The summed E-state index contributed by atoms with van der Waals surface area (Å²) in [4.78, 5) is 20.4. The summed E-state index contributed by atoms with van der Waals surface area (Å²) in [7, 11) is 0. The lowest BCUT2D eigenvalue weighted by atomic mass is 10.2. The molecule has 0 bridgehead atoms. The van der Waals surface area contributed by atoms with E-state index in [1.807, 2.05) is 0 Å². The zero-order chi connectivity index (χ0) is 13.3. The number of nitro groups is 1. The van der Waals surface area contributed by atoms with E-state index in [0.29, 0.717) is 25.0 Å². The van der Waals surface area contributed by atoms with Crippen molar-refractivity contribution in [2.75, 3.05) is 0 Å². The summed E-state index contributed by atoms with van der Waals surface area (Å²) in [5.41, 5.74) is -0.942. The third-order valence-electron chi connectivity index (χ3n) is 2.69. The van der Waals surface area contributed by atoms with Crippen LogP contribution in [0.2, 0.25) is 0 Å². The van der Waals surface area contributed by atoms with Crippen molar-refractivity contribution in [2.45, 2.75) is 25.4 Å². The van der Waals surface area contributed by atoms with Crippen LogP contribution in [0.5, 0.6) is 5.75 Å². The highest BCUT2D eigenvalue weighted by atomic mass is 19.1. The molecule has 5 nitrogen and oxygen atoms in total. The largest absolute Gasteiger partial charge is 0.487 e. The maximum Gasteiger partial charge on any atom is 0.307 e. The van der Waals surface area contributed by atoms with E-state index in [0.717, 1.165) is 0 Å². The lowest BCUT2D eigenvalue weighted by molar-refractivity contribution is -0.387. The van der Waals surface area contributed by atoms with Gasteiger partial charge in [-0.3, -0.25) is 14.9 Å². The lowest BCUT2D eigenvalue weighted by Crippen LogP contribution is -2.13. The number of nitro benzene ring substituents is 1. The van der Waals surface area contributed by atoms with Gasteiger partial charge < -0.3 is 4.74 Å². The molecule has 1 unspecified atom stereocenters. The first-order valence-electron chi connectivity index (χ1n) is 5.29. The lowest BCUT2D eigenvalue weighted by Gasteiger charge is -2.12. The second-order valence-electron chi connectivity index (χ2n) is 4.01. The Kier molecular flexibility index (Phi) is 3.22. The van der Waals surface area contributed by atoms with Crippen LogP contribution in [0, 0.1) is 21.7 Å². The molecule has 1 aromatic carbocycles. The van der Waals surface area contributed by atoms with E-state index in [1.54, 1.807) is 0 Å². The molecule has 2 rings (SSSR count). The highest BCUT2D eigenvalue weighted by Gasteiger charge is 2.26. The van der Waals surface area contributed by atoms with Crippen LogP contribution in [-0.2, 0) is 4.79 Å². The Labute approximate surface area is 101 Å². The fourth-order valence-corrected chi connectivity index (χ4v) is 1.81. The van der Waals surface area contributed by atoms with Crippen LogP contribution in [0.1, 0.15) is 19.3 Å². The van der Waals surface area contributed by atoms with Crippen molar-refractivity contribution < 1.29 is 23.2 Å². The average Bonchev–Trinajstić information content (AvgIpc) is 2.68. The Bertz CT molecular complexity index is 518. The van der Waals surface area contributed by atoms with Gasteiger partial charge in [-0.25, -0.2) is 4.39 Å². The summed E-state index contributed by atoms with van der Waals surface area (Å²) in [6.07, 6.45) is 0.448. The van der Waals surface area contributed by atoms with E-state index in [2.05, 4.69) is 0 Å². The minimum atomic E-state index is -1.17. The second kappa shape index (κ2) is 4.67. The summed E-state index contributed by atoms with van der Waals surface area (Å²) in [6.45, 7) is 0. The molecule has 1 atom stereocenters. The normalized spacial score (nSPS) is 19.0. The highest BCUT2D eigenvalue weighted by molar-refractivity contribution is 5.81. The van der Waals surface area contributed by atoms with Gasteiger partial charge in [-0.15, -0.1) is 0 Å². The Hall–Kier alpha value is -2.05. The summed E-state index contributed by atoms with van der Waals surface area (Å²) >= 11 is 0. The summed E-state index contributed by atoms with van der Waals surface area (Å²) in [5.74, 6) is -2.58. The monoisotopic (exact) mass is 257 g/mol. The molecule has 1 aromatic rings. The molecular weight excluding hydrogens is 248 g/mol. The fourth-order valence-electron chi connectivity index (χ4n) is 1.81. The zero-order valence-corrected chi connectivity index (χ0v) is 9.19. The number of ether oxygens (including phenoxy) is 1. The molecule has 1 fully saturated rings. The van der Waals surface area contributed by atoms with Gasteiger partial charge in [0.15, 0.2) is 11.6 Å². The van der Waals surface area contributed by atoms with Crippen molar-refractivity contribution in [2.24, 2.45) is 0 Å². The smallest absolute Gasteiger partial charge is 0.307 e. The Morgan fingerprint density at radius 3 is 2.61 bits per heavy atom. The number of nitrogens with zero attached hydrogens (tertiary/aromatic N) is 1. The molecule has 7 heteroatoms. The number of carbonyl (C=O) groups excluding carboxylic acids is 1. The highest BCUT2D eigenvalue weighted by Crippen LogP contribution is 2.29. The van der Waals surface area contributed by atoms with Crippen LogP contribution in [-0.4, -0.2) is 16.8 Å². The average molecular weight is 257 g/mol. The minimum absolute atomic E-state index is 0.00258. The third kappa shape index (κ3) is 2.44. The molecule has 1 saturated carbocycles. The Balaban J connectivity index is 2.21. The molecule has 0 saturated heterocycles. The number of benzene rings is 1. The quantitative estimate of drug-likeness (QED) is 0.615. The second-order valence-corrected chi connectivity index (χ2v) is 4.01. The SMILES string of the molecule is O=C1CCC(Oc2cc(F)c([N+](=O)[O-])cc2F)C1. The van der Waals surface area contributed by atoms with Gasteiger partial charge in [0.05, 0.1) is 11.0 Å². The first kappa shape index (κ1) is 12.4. The maximum absolute atomic E-state index is 13.5. The van der Waals surface area contributed by atoms with Gasteiger partial charge in [-0.1, -0.05) is 0 Å². The molecule has 18 heavy (non-hydrogen) atoms. The van der Waals surface area contributed by atoms with Crippen LogP contribution in [0.15, 0.2) is 12.1 Å². The number of hydrogen-bond acceptors (Lipinski definition) is 4.